The third kappa shape index (κ3) is 4.32. The van der Waals surface area contributed by atoms with Gasteiger partial charge in [-0.15, -0.1) is 11.8 Å². The summed E-state index contributed by atoms with van der Waals surface area (Å²) in [6, 6.07) is 3.00. The van der Waals surface area contributed by atoms with Crippen molar-refractivity contribution in [1.82, 2.24) is 0 Å². The Hall–Kier alpha value is -0.540. The SMILES string of the molecule is Cc1cc(SC(C=O)CC(C)C)c(Cl)cc1F. The first kappa shape index (κ1) is 14.5. The van der Waals surface area contributed by atoms with E-state index in [0.717, 1.165) is 17.6 Å². The van der Waals surface area contributed by atoms with Gasteiger partial charge in [0.05, 0.1) is 10.3 Å². The van der Waals surface area contributed by atoms with E-state index >= 15 is 0 Å². The second-order valence-electron chi connectivity index (χ2n) is 4.45. The van der Waals surface area contributed by atoms with Crippen LogP contribution in [0.2, 0.25) is 5.02 Å². The van der Waals surface area contributed by atoms with Crippen LogP contribution in [0.25, 0.3) is 0 Å². The molecule has 0 bridgehead atoms. The number of halogens is 2. The first-order chi connectivity index (χ1) is 7.93. The van der Waals surface area contributed by atoms with Crippen molar-refractivity contribution in [3.05, 3.63) is 28.5 Å². The Kier molecular flexibility index (Phi) is 5.47. The molecule has 94 valence electrons. The van der Waals surface area contributed by atoms with Crippen LogP contribution in [0.15, 0.2) is 17.0 Å². The van der Waals surface area contributed by atoms with Gasteiger partial charge in [0.25, 0.3) is 0 Å². The maximum absolute atomic E-state index is 13.2. The Morgan fingerprint density at radius 3 is 2.65 bits per heavy atom. The molecule has 0 aliphatic heterocycles. The molecule has 0 N–H and O–H groups in total. The lowest BCUT2D eigenvalue weighted by atomic mass is 10.1. The van der Waals surface area contributed by atoms with Crippen molar-refractivity contribution in [1.29, 1.82) is 0 Å². The number of thioether (sulfide) groups is 1. The van der Waals surface area contributed by atoms with Gasteiger partial charge in [-0.25, -0.2) is 4.39 Å². The number of aldehydes is 1. The van der Waals surface area contributed by atoms with Crippen LogP contribution in [0.4, 0.5) is 4.39 Å². The van der Waals surface area contributed by atoms with Crippen LogP contribution in [-0.4, -0.2) is 11.5 Å². The number of hydrogen-bond acceptors (Lipinski definition) is 2. The van der Waals surface area contributed by atoms with Crippen LogP contribution in [0.1, 0.15) is 25.8 Å². The average molecular weight is 275 g/mol. The van der Waals surface area contributed by atoms with Gasteiger partial charge in [-0.05, 0) is 37.0 Å². The summed E-state index contributed by atoms with van der Waals surface area (Å²) in [5.41, 5.74) is 0.547. The van der Waals surface area contributed by atoms with Crippen molar-refractivity contribution >= 4 is 29.6 Å². The minimum absolute atomic E-state index is 0.127. The van der Waals surface area contributed by atoms with Crippen molar-refractivity contribution < 1.29 is 9.18 Å². The Bertz CT molecular complexity index is 407. The summed E-state index contributed by atoms with van der Waals surface area (Å²) in [5.74, 6) is 0.129. The third-order valence-electron chi connectivity index (χ3n) is 2.35. The molecule has 4 heteroatoms. The lowest BCUT2D eigenvalue weighted by Gasteiger charge is -2.14. The van der Waals surface area contributed by atoms with E-state index in [1.54, 1.807) is 13.0 Å². The maximum atomic E-state index is 13.2. The molecule has 0 spiro atoms. The minimum atomic E-state index is -0.314. The van der Waals surface area contributed by atoms with E-state index in [0.29, 0.717) is 16.5 Å². The van der Waals surface area contributed by atoms with Gasteiger partial charge in [0, 0.05) is 4.90 Å². The largest absolute Gasteiger partial charge is 0.302 e. The highest BCUT2D eigenvalue weighted by molar-refractivity contribution is 8.00. The highest BCUT2D eigenvalue weighted by Gasteiger charge is 2.14. The summed E-state index contributed by atoms with van der Waals surface area (Å²) >= 11 is 7.36. The zero-order valence-corrected chi connectivity index (χ0v) is 11.7. The molecule has 1 aromatic carbocycles. The normalized spacial score (nSPS) is 12.8. The van der Waals surface area contributed by atoms with Crippen LogP contribution >= 0.6 is 23.4 Å². The van der Waals surface area contributed by atoms with Gasteiger partial charge in [0.2, 0.25) is 0 Å². The maximum Gasteiger partial charge on any atom is 0.133 e. The van der Waals surface area contributed by atoms with Crippen molar-refractivity contribution in [2.75, 3.05) is 0 Å². The van der Waals surface area contributed by atoms with Crippen LogP contribution in [0.5, 0.6) is 0 Å². The predicted octanol–water partition coefficient (Wildman–Crippen LogP) is 4.49. The Morgan fingerprint density at radius 1 is 1.47 bits per heavy atom. The van der Waals surface area contributed by atoms with Crippen LogP contribution in [0, 0.1) is 18.7 Å². The summed E-state index contributed by atoms with van der Waals surface area (Å²) < 4.78 is 13.2. The molecule has 1 aromatic rings. The predicted molar refractivity (Wildman–Crippen MR) is 71.3 cm³/mol. The van der Waals surface area contributed by atoms with Gasteiger partial charge in [0.1, 0.15) is 12.1 Å². The third-order valence-corrected chi connectivity index (χ3v) is 3.97. The second kappa shape index (κ2) is 6.41. The van der Waals surface area contributed by atoms with E-state index in [9.17, 15) is 9.18 Å². The van der Waals surface area contributed by atoms with E-state index in [4.69, 9.17) is 11.6 Å². The van der Waals surface area contributed by atoms with Crippen LogP contribution in [-0.2, 0) is 4.79 Å². The number of aryl methyl sites for hydroxylation is 1. The molecule has 0 fully saturated rings. The molecule has 1 nitrogen and oxygen atoms in total. The van der Waals surface area contributed by atoms with Crippen LogP contribution in [0.3, 0.4) is 0 Å². The zero-order valence-electron chi connectivity index (χ0n) is 10.2. The fraction of sp³-hybridized carbons (Fsp3) is 0.462. The highest BCUT2D eigenvalue weighted by Crippen LogP contribution is 2.33. The van der Waals surface area contributed by atoms with Crippen molar-refractivity contribution in [3.63, 3.8) is 0 Å². The summed E-state index contributed by atoms with van der Waals surface area (Å²) in [5, 5.41) is 0.242. The molecule has 0 amide bonds. The molecule has 0 saturated heterocycles. The molecule has 0 aliphatic carbocycles. The van der Waals surface area contributed by atoms with E-state index in [2.05, 4.69) is 13.8 Å². The monoisotopic (exact) mass is 274 g/mol. The summed E-state index contributed by atoms with van der Waals surface area (Å²) in [4.78, 5) is 11.7. The van der Waals surface area contributed by atoms with Gasteiger partial charge in [-0.1, -0.05) is 25.4 Å². The number of benzene rings is 1. The van der Waals surface area contributed by atoms with Crippen molar-refractivity contribution in [2.24, 2.45) is 5.92 Å². The second-order valence-corrected chi connectivity index (χ2v) is 6.14. The van der Waals surface area contributed by atoms with E-state index in [1.807, 2.05) is 0 Å². The molecule has 1 rings (SSSR count). The number of rotatable bonds is 5. The standard InChI is InChI=1S/C13H16ClFOS/c1-8(2)4-10(7-16)17-13-5-9(3)12(15)6-11(13)14/h5-8,10H,4H2,1-3H3. The average Bonchev–Trinajstić information content (AvgIpc) is 2.24. The Labute approximate surface area is 111 Å². The summed E-state index contributed by atoms with van der Waals surface area (Å²) in [6.45, 7) is 5.82. The quantitative estimate of drug-likeness (QED) is 0.581. The van der Waals surface area contributed by atoms with Gasteiger partial charge >= 0.3 is 0 Å². The number of carbonyl (C=O) groups excluding carboxylic acids is 1. The lowest BCUT2D eigenvalue weighted by molar-refractivity contribution is -0.107. The van der Waals surface area contributed by atoms with Gasteiger partial charge in [-0.2, -0.15) is 0 Å². The molecule has 0 radical (unpaired) electrons. The molecule has 0 saturated carbocycles. The highest BCUT2D eigenvalue weighted by atomic mass is 35.5. The summed E-state index contributed by atoms with van der Waals surface area (Å²) in [7, 11) is 0. The molecule has 0 aliphatic rings. The van der Waals surface area contributed by atoms with E-state index < -0.39 is 0 Å². The lowest BCUT2D eigenvalue weighted by Crippen LogP contribution is -2.08. The topological polar surface area (TPSA) is 17.1 Å². The van der Waals surface area contributed by atoms with Crippen molar-refractivity contribution in [2.45, 2.75) is 37.3 Å². The molecule has 0 aromatic heterocycles. The fourth-order valence-electron chi connectivity index (χ4n) is 1.48. The zero-order chi connectivity index (χ0) is 13.0. The van der Waals surface area contributed by atoms with E-state index in [-0.39, 0.29) is 11.1 Å². The van der Waals surface area contributed by atoms with Crippen LogP contribution < -0.4 is 0 Å². The molecule has 1 unspecified atom stereocenters. The molecule has 17 heavy (non-hydrogen) atoms. The molecular weight excluding hydrogens is 259 g/mol. The Balaban J connectivity index is 2.86. The number of carbonyl (C=O) groups is 1. The minimum Gasteiger partial charge on any atom is -0.302 e. The van der Waals surface area contributed by atoms with Crippen molar-refractivity contribution in [3.8, 4) is 0 Å². The first-order valence-electron chi connectivity index (χ1n) is 5.51. The summed E-state index contributed by atoms with van der Waals surface area (Å²) in [6.07, 6.45) is 1.72. The first-order valence-corrected chi connectivity index (χ1v) is 6.77. The smallest absolute Gasteiger partial charge is 0.133 e. The van der Waals surface area contributed by atoms with Gasteiger partial charge < -0.3 is 4.79 Å². The fourth-order valence-corrected chi connectivity index (χ4v) is 3.04. The molecule has 0 heterocycles. The van der Waals surface area contributed by atoms with E-state index in [1.165, 1.54) is 17.8 Å². The molecular formula is C13H16ClFOS. The molecule has 1 atom stereocenters. The van der Waals surface area contributed by atoms with Gasteiger partial charge in [0.15, 0.2) is 0 Å². The number of hydrogen-bond donors (Lipinski definition) is 0. The Morgan fingerprint density at radius 2 is 2.12 bits per heavy atom. The van der Waals surface area contributed by atoms with Gasteiger partial charge in [-0.3, -0.25) is 0 Å².